The highest BCUT2D eigenvalue weighted by Crippen LogP contribution is 2.25. The van der Waals surface area contributed by atoms with E-state index in [1.54, 1.807) is 0 Å². The van der Waals surface area contributed by atoms with Gasteiger partial charge in [-0.2, -0.15) is 0 Å². The second-order valence-electron chi connectivity index (χ2n) is 5.44. The molecule has 1 amide bonds. The van der Waals surface area contributed by atoms with Crippen molar-refractivity contribution in [1.29, 1.82) is 0 Å². The summed E-state index contributed by atoms with van der Waals surface area (Å²) in [6.45, 7) is 2.36. The number of benzene rings is 1. The minimum Gasteiger partial charge on any atom is -0.326 e. The van der Waals surface area contributed by atoms with Crippen molar-refractivity contribution >= 4 is 11.6 Å². The first-order chi connectivity index (χ1) is 8.81. The van der Waals surface area contributed by atoms with Crippen LogP contribution in [0.3, 0.4) is 0 Å². The maximum absolute atomic E-state index is 11.3. The Balaban J connectivity index is 1.64. The number of aryl methyl sites for hydroxylation is 2. The van der Waals surface area contributed by atoms with Crippen LogP contribution in [0, 0.1) is 5.92 Å². The molecule has 1 aromatic carbocycles. The van der Waals surface area contributed by atoms with E-state index in [2.05, 4.69) is 28.8 Å². The molecule has 1 saturated heterocycles. The quantitative estimate of drug-likeness (QED) is 0.855. The molecule has 96 valence electrons. The Hall–Kier alpha value is -1.35. The third kappa shape index (κ3) is 2.56. The van der Waals surface area contributed by atoms with Gasteiger partial charge in [0, 0.05) is 12.1 Å². The summed E-state index contributed by atoms with van der Waals surface area (Å²) in [5, 5.41) is 6.35. The fraction of sp³-hybridized carbons (Fsp3) is 0.533. The summed E-state index contributed by atoms with van der Waals surface area (Å²) < 4.78 is 0. The number of anilines is 1. The van der Waals surface area contributed by atoms with E-state index in [9.17, 15) is 4.79 Å². The molecule has 2 aliphatic rings. The summed E-state index contributed by atoms with van der Waals surface area (Å²) in [5.41, 5.74) is 3.73. The zero-order valence-electron chi connectivity index (χ0n) is 10.7. The van der Waals surface area contributed by atoms with Crippen LogP contribution in [-0.2, 0) is 17.6 Å². The lowest BCUT2D eigenvalue weighted by Crippen LogP contribution is -2.19. The minimum atomic E-state index is 0.146. The number of hydrogen-bond acceptors (Lipinski definition) is 2. The van der Waals surface area contributed by atoms with Crippen LogP contribution >= 0.6 is 0 Å². The first-order valence-corrected chi connectivity index (χ1v) is 6.93. The molecule has 0 saturated carbocycles. The molecule has 18 heavy (non-hydrogen) atoms. The van der Waals surface area contributed by atoms with Gasteiger partial charge in [-0.3, -0.25) is 4.79 Å². The zero-order chi connectivity index (χ0) is 12.4. The SMILES string of the molecule is O=C1CCc2cc(CCC3CCNC3)ccc2N1. The van der Waals surface area contributed by atoms with Crippen LogP contribution in [-0.4, -0.2) is 19.0 Å². The third-order valence-corrected chi connectivity index (χ3v) is 4.07. The first-order valence-electron chi connectivity index (χ1n) is 6.93. The predicted octanol–water partition coefficient (Wildman–Crippen LogP) is 2.11. The minimum absolute atomic E-state index is 0.146. The van der Waals surface area contributed by atoms with Crippen molar-refractivity contribution in [1.82, 2.24) is 5.32 Å². The summed E-state index contributed by atoms with van der Waals surface area (Å²) in [5.74, 6) is 0.994. The summed E-state index contributed by atoms with van der Waals surface area (Å²) in [4.78, 5) is 11.3. The molecule has 0 radical (unpaired) electrons. The summed E-state index contributed by atoms with van der Waals surface area (Å²) in [6.07, 6.45) is 5.27. The van der Waals surface area contributed by atoms with Crippen molar-refractivity contribution in [2.45, 2.75) is 32.1 Å². The lowest BCUT2D eigenvalue weighted by molar-refractivity contribution is -0.116. The van der Waals surface area contributed by atoms with Crippen molar-refractivity contribution < 1.29 is 4.79 Å². The molecule has 3 heteroatoms. The summed E-state index contributed by atoms with van der Waals surface area (Å²) >= 11 is 0. The van der Waals surface area contributed by atoms with Gasteiger partial charge in [-0.15, -0.1) is 0 Å². The van der Waals surface area contributed by atoms with Crippen LogP contribution in [0.15, 0.2) is 18.2 Å². The second-order valence-corrected chi connectivity index (χ2v) is 5.44. The van der Waals surface area contributed by atoms with Crippen LogP contribution in [0.1, 0.15) is 30.4 Å². The van der Waals surface area contributed by atoms with Gasteiger partial charge in [-0.25, -0.2) is 0 Å². The molecule has 3 rings (SSSR count). The molecule has 3 nitrogen and oxygen atoms in total. The van der Waals surface area contributed by atoms with Gasteiger partial charge in [-0.05, 0) is 61.9 Å². The Kier molecular flexibility index (Phi) is 3.33. The van der Waals surface area contributed by atoms with Crippen molar-refractivity contribution in [3.05, 3.63) is 29.3 Å². The molecule has 0 bridgehead atoms. The molecule has 1 aromatic rings. The van der Waals surface area contributed by atoms with E-state index in [1.807, 2.05) is 0 Å². The van der Waals surface area contributed by atoms with Gasteiger partial charge >= 0.3 is 0 Å². The van der Waals surface area contributed by atoms with E-state index < -0.39 is 0 Å². The number of nitrogens with one attached hydrogen (secondary N) is 2. The average Bonchev–Trinajstić information content (AvgIpc) is 2.89. The Morgan fingerprint density at radius 3 is 3.06 bits per heavy atom. The van der Waals surface area contributed by atoms with E-state index in [4.69, 9.17) is 0 Å². The number of carbonyl (C=O) groups excluding carboxylic acids is 1. The van der Waals surface area contributed by atoms with E-state index in [1.165, 1.54) is 37.1 Å². The van der Waals surface area contributed by atoms with E-state index >= 15 is 0 Å². The number of amides is 1. The highest BCUT2D eigenvalue weighted by Gasteiger charge is 2.16. The molecule has 1 unspecified atom stereocenters. The number of carbonyl (C=O) groups is 1. The van der Waals surface area contributed by atoms with Crippen LogP contribution in [0.2, 0.25) is 0 Å². The fourth-order valence-electron chi connectivity index (χ4n) is 2.92. The van der Waals surface area contributed by atoms with Gasteiger partial charge in [0.05, 0.1) is 0 Å². The number of rotatable bonds is 3. The van der Waals surface area contributed by atoms with Gasteiger partial charge in [-0.1, -0.05) is 12.1 Å². The van der Waals surface area contributed by atoms with Crippen LogP contribution in [0.5, 0.6) is 0 Å². The normalized spacial score (nSPS) is 22.7. The van der Waals surface area contributed by atoms with Crippen LogP contribution in [0.4, 0.5) is 5.69 Å². The molecule has 2 heterocycles. The lowest BCUT2D eigenvalue weighted by Gasteiger charge is -2.18. The largest absolute Gasteiger partial charge is 0.326 e. The van der Waals surface area contributed by atoms with Crippen LogP contribution < -0.4 is 10.6 Å². The number of fused-ring (bicyclic) bond motifs is 1. The topological polar surface area (TPSA) is 41.1 Å². The van der Waals surface area contributed by atoms with Crippen molar-refractivity contribution in [3.8, 4) is 0 Å². The average molecular weight is 244 g/mol. The van der Waals surface area contributed by atoms with Gasteiger partial charge in [0.1, 0.15) is 0 Å². The van der Waals surface area contributed by atoms with Crippen molar-refractivity contribution in [2.24, 2.45) is 5.92 Å². The van der Waals surface area contributed by atoms with Gasteiger partial charge in [0.2, 0.25) is 5.91 Å². The van der Waals surface area contributed by atoms with Crippen molar-refractivity contribution in [3.63, 3.8) is 0 Å². The highest BCUT2D eigenvalue weighted by atomic mass is 16.1. The van der Waals surface area contributed by atoms with E-state index in [-0.39, 0.29) is 5.91 Å². The summed E-state index contributed by atoms with van der Waals surface area (Å²) in [6, 6.07) is 6.50. The smallest absolute Gasteiger partial charge is 0.224 e. The first kappa shape index (κ1) is 11.7. The maximum atomic E-state index is 11.3. The predicted molar refractivity (Wildman–Crippen MR) is 72.7 cm³/mol. The van der Waals surface area contributed by atoms with Gasteiger partial charge in [0.25, 0.3) is 0 Å². The van der Waals surface area contributed by atoms with Crippen molar-refractivity contribution in [2.75, 3.05) is 18.4 Å². The molecule has 1 atom stereocenters. The van der Waals surface area contributed by atoms with E-state index in [0.717, 1.165) is 24.4 Å². The van der Waals surface area contributed by atoms with Gasteiger partial charge < -0.3 is 10.6 Å². The highest BCUT2D eigenvalue weighted by molar-refractivity contribution is 5.93. The van der Waals surface area contributed by atoms with E-state index in [0.29, 0.717) is 6.42 Å². The lowest BCUT2D eigenvalue weighted by atomic mass is 9.95. The fourth-order valence-corrected chi connectivity index (χ4v) is 2.92. The Labute approximate surface area is 108 Å². The summed E-state index contributed by atoms with van der Waals surface area (Å²) in [7, 11) is 0. The monoisotopic (exact) mass is 244 g/mol. The standard InChI is InChI=1S/C15H20N2O/c18-15-6-4-13-9-11(3-5-14(13)17-15)1-2-12-7-8-16-10-12/h3,5,9,12,16H,1-2,4,6-8,10H2,(H,17,18). The Bertz CT molecular complexity index is 450. The molecule has 2 aliphatic heterocycles. The molecule has 1 fully saturated rings. The Morgan fingerprint density at radius 2 is 2.22 bits per heavy atom. The molecule has 0 spiro atoms. The van der Waals surface area contributed by atoms with Gasteiger partial charge in [0.15, 0.2) is 0 Å². The zero-order valence-corrected chi connectivity index (χ0v) is 10.7. The molecule has 2 N–H and O–H groups in total. The molecule has 0 aliphatic carbocycles. The van der Waals surface area contributed by atoms with Crippen LogP contribution in [0.25, 0.3) is 0 Å². The molecular formula is C15H20N2O. The second kappa shape index (κ2) is 5.11. The molecular weight excluding hydrogens is 224 g/mol. The molecule has 0 aromatic heterocycles. The number of hydrogen-bond donors (Lipinski definition) is 2. The maximum Gasteiger partial charge on any atom is 0.224 e. The third-order valence-electron chi connectivity index (χ3n) is 4.07. The Morgan fingerprint density at radius 1 is 1.28 bits per heavy atom.